The monoisotopic (exact) mass is 589 g/mol. The van der Waals surface area contributed by atoms with Gasteiger partial charge in [0.25, 0.3) is 5.91 Å². The second-order valence-corrected chi connectivity index (χ2v) is 12.6. The Balaban J connectivity index is 1.43. The van der Waals surface area contributed by atoms with Crippen molar-refractivity contribution in [3.63, 3.8) is 0 Å². The average Bonchev–Trinajstić information content (AvgIpc) is 3.68. The van der Waals surface area contributed by atoms with Crippen LogP contribution in [0.2, 0.25) is 0 Å². The van der Waals surface area contributed by atoms with Crippen LogP contribution in [0.15, 0.2) is 42.9 Å². The predicted octanol–water partition coefficient (Wildman–Crippen LogP) is 3.10. The Kier molecular flexibility index (Phi) is 9.72. The fourth-order valence-electron chi connectivity index (χ4n) is 7.08. The lowest BCUT2D eigenvalue weighted by Gasteiger charge is -2.34. The molecular formula is C33H43N5O5. The predicted molar refractivity (Wildman–Crippen MR) is 160 cm³/mol. The summed E-state index contributed by atoms with van der Waals surface area (Å²) >= 11 is 0. The summed E-state index contributed by atoms with van der Waals surface area (Å²) in [6, 6.07) is 5.71. The molecule has 1 aromatic heterocycles. The molecule has 4 atom stereocenters. The number of benzene rings is 1. The summed E-state index contributed by atoms with van der Waals surface area (Å²) in [4.78, 5) is 64.4. The van der Waals surface area contributed by atoms with Crippen molar-refractivity contribution >= 4 is 23.7 Å². The van der Waals surface area contributed by atoms with E-state index < -0.39 is 30.0 Å². The van der Waals surface area contributed by atoms with Crippen LogP contribution in [-0.4, -0.2) is 70.3 Å². The van der Waals surface area contributed by atoms with Gasteiger partial charge in [0.1, 0.15) is 23.8 Å². The number of nitrogens with zero attached hydrogens (tertiary/aromatic N) is 3. The first-order chi connectivity index (χ1) is 20.8. The number of esters is 1. The topological polar surface area (TPSA) is 131 Å². The van der Waals surface area contributed by atoms with E-state index in [-0.39, 0.29) is 41.2 Å². The zero-order valence-corrected chi connectivity index (χ0v) is 25.3. The van der Waals surface area contributed by atoms with Crippen LogP contribution < -0.4 is 10.6 Å². The Morgan fingerprint density at radius 3 is 2.21 bits per heavy atom. The number of amides is 3. The van der Waals surface area contributed by atoms with Crippen molar-refractivity contribution in [3.8, 4) is 0 Å². The highest BCUT2D eigenvalue weighted by Crippen LogP contribution is 2.34. The molecule has 1 aromatic carbocycles. The maximum absolute atomic E-state index is 14.5. The quantitative estimate of drug-likeness (QED) is 0.430. The largest absolute Gasteiger partial charge is 0.467 e. The van der Waals surface area contributed by atoms with Gasteiger partial charge in [0.15, 0.2) is 0 Å². The van der Waals surface area contributed by atoms with E-state index in [9.17, 15) is 19.2 Å². The van der Waals surface area contributed by atoms with Crippen LogP contribution in [0.25, 0.3) is 0 Å². The molecule has 230 valence electrons. The molecule has 2 aromatic rings. The highest BCUT2D eigenvalue weighted by Gasteiger charge is 2.46. The number of rotatable bonds is 9. The van der Waals surface area contributed by atoms with Gasteiger partial charge in [-0.25, -0.2) is 9.78 Å². The summed E-state index contributed by atoms with van der Waals surface area (Å²) in [6.45, 7) is 4.61. The average molecular weight is 590 g/mol. The van der Waals surface area contributed by atoms with Gasteiger partial charge in [0.05, 0.1) is 13.3 Å². The van der Waals surface area contributed by atoms with Crippen LogP contribution in [0, 0.1) is 23.7 Å². The maximum Gasteiger partial charge on any atom is 0.328 e. The first kappa shape index (κ1) is 30.6. The number of fused-ring (bicyclic) bond motifs is 1. The number of likely N-dealkylation sites (tertiary alicyclic amines) is 1. The molecule has 0 bridgehead atoms. The zero-order chi connectivity index (χ0) is 30.5. The SMILES string of the molecule is COC(=O)[C@@H]1C[C@@H](C(C)C)CN1C(=O)[C@@H](NC(=O)[C@@H](NC(=O)c1cnccn1)C1CCCCC1)C1Cc2ccccc2C1. The molecule has 0 spiro atoms. The molecule has 0 unspecified atom stereocenters. The van der Waals surface area contributed by atoms with Gasteiger partial charge < -0.3 is 20.3 Å². The van der Waals surface area contributed by atoms with E-state index in [1.54, 1.807) is 4.90 Å². The Morgan fingerprint density at radius 1 is 0.907 bits per heavy atom. The van der Waals surface area contributed by atoms with Crippen molar-refractivity contribution in [1.82, 2.24) is 25.5 Å². The second kappa shape index (κ2) is 13.7. The molecule has 2 heterocycles. The highest BCUT2D eigenvalue weighted by atomic mass is 16.5. The third kappa shape index (κ3) is 6.89. The standard InChI is InChI=1S/C33H43N5O5/c1-20(2)25-17-27(33(42)43-3)38(19-25)32(41)29(24-15-22-11-7-8-12-23(22)16-24)37-31(40)28(21-9-5-4-6-10-21)36-30(39)26-18-34-13-14-35-26/h7-8,11-14,18,20-21,24-25,27-29H,4-6,9-10,15-17,19H2,1-3H3,(H,36,39)(H,37,40)/t25-,27+,28+,29+/m1/s1. The van der Waals surface area contributed by atoms with E-state index in [0.29, 0.717) is 25.8 Å². The van der Waals surface area contributed by atoms with Gasteiger partial charge in [0.2, 0.25) is 11.8 Å². The van der Waals surface area contributed by atoms with E-state index in [4.69, 9.17) is 4.74 Å². The summed E-state index contributed by atoms with van der Waals surface area (Å²) < 4.78 is 5.10. The Labute approximate surface area is 253 Å². The van der Waals surface area contributed by atoms with Crippen molar-refractivity contribution in [1.29, 1.82) is 0 Å². The van der Waals surface area contributed by atoms with Crippen LogP contribution in [0.4, 0.5) is 0 Å². The van der Waals surface area contributed by atoms with Crippen molar-refractivity contribution < 1.29 is 23.9 Å². The summed E-state index contributed by atoms with van der Waals surface area (Å²) in [5.74, 6) is -1.39. The van der Waals surface area contributed by atoms with Crippen LogP contribution in [-0.2, 0) is 32.0 Å². The van der Waals surface area contributed by atoms with Gasteiger partial charge in [-0.3, -0.25) is 19.4 Å². The molecule has 1 saturated carbocycles. The minimum atomic E-state index is -0.863. The molecule has 1 aliphatic heterocycles. The van der Waals surface area contributed by atoms with E-state index in [0.717, 1.165) is 43.2 Å². The number of carbonyl (C=O) groups excluding carboxylic acids is 4. The summed E-state index contributed by atoms with van der Waals surface area (Å²) in [5, 5.41) is 6.04. The molecule has 1 saturated heterocycles. The van der Waals surface area contributed by atoms with E-state index >= 15 is 0 Å². The van der Waals surface area contributed by atoms with Gasteiger partial charge in [0, 0.05) is 18.9 Å². The van der Waals surface area contributed by atoms with E-state index in [1.807, 2.05) is 12.1 Å². The Hall–Kier alpha value is -3.82. The number of hydrogen-bond acceptors (Lipinski definition) is 7. The number of ether oxygens (including phenoxy) is 1. The normalized spacial score (nSPS) is 22.1. The van der Waals surface area contributed by atoms with Crippen molar-refractivity contribution in [2.45, 2.75) is 83.3 Å². The van der Waals surface area contributed by atoms with E-state index in [2.05, 4.69) is 46.6 Å². The second-order valence-electron chi connectivity index (χ2n) is 12.6. The van der Waals surface area contributed by atoms with Crippen molar-refractivity contribution in [3.05, 3.63) is 59.7 Å². The number of carbonyl (C=O) groups is 4. The molecule has 2 N–H and O–H groups in total. The lowest BCUT2D eigenvalue weighted by atomic mass is 9.83. The van der Waals surface area contributed by atoms with Crippen LogP contribution in [0.1, 0.15) is 74.0 Å². The molecule has 10 heteroatoms. The molecule has 43 heavy (non-hydrogen) atoms. The van der Waals surface area contributed by atoms with Gasteiger partial charge in [-0.1, -0.05) is 57.4 Å². The molecule has 3 amide bonds. The van der Waals surface area contributed by atoms with Gasteiger partial charge in [-0.15, -0.1) is 0 Å². The fourth-order valence-corrected chi connectivity index (χ4v) is 7.08. The third-order valence-corrected chi connectivity index (χ3v) is 9.64. The van der Waals surface area contributed by atoms with Gasteiger partial charge in [-0.05, 0) is 66.9 Å². The van der Waals surface area contributed by atoms with Gasteiger partial charge in [-0.2, -0.15) is 0 Å². The minimum absolute atomic E-state index is 0.0641. The minimum Gasteiger partial charge on any atom is -0.467 e. The van der Waals surface area contributed by atoms with Gasteiger partial charge >= 0.3 is 5.97 Å². The Morgan fingerprint density at radius 2 is 1.60 bits per heavy atom. The molecule has 3 aliphatic rings. The van der Waals surface area contributed by atoms with Crippen molar-refractivity contribution in [2.24, 2.45) is 23.7 Å². The number of aromatic nitrogens is 2. The summed E-state index contributed by atoms with van der Waals surface area (Å²) in [7, 11) is 1.34. The first-order valence-corrected chi connectivity index (χ1v) is 15.6. The van der Waals surface area contributed by atoms with Crippen molar-refractivity contribution in [2.75, 3.05) is 13.7 Å². The molecule has 5 rings (SSSR count). The highest BCUT2D eigenvalue weighted by molar-refractivity contribution is 5.97. The smallest absolute Gasteiger partial charge is 0.328 e. The summed E-state index contributed by atoms with van der Waals surface area (Å²) in [6.07, 6.45) is 10.7. The Bertz CT molecular complexity index is 1290. The maximum atomic E-state index is 14.5. The molecule has 2 fully saturated rings. The number of nitrogens with one attached hydrogen (secondary N) is 2. The van der Waals surface area contributed by atoms with Crippen LogP contribution in [0.3, 0.4) is 0 Å². The number of hydrogen-bond donors (Lipinski definition) is 2. The lowest BCUT2D eigenvalue weighted by Crippen LogP contribution is -2.60. The number of methoxy groups -OCH3 is 1. The summed E-state index contributed by atoms with van der Waals surface area (Å²) in [5.41, 5.74) is 2.45. The molecule has 0 radical (unpaired) electrons. The first-order valence-electron chi connectivity index (χ1n) is 15.6. The van der Waals surface area contributed by atoms with Crippen LogP contribution >= 0.6 is 0 Å². The van der Waals surface area contributed by atoms with Crippen LogP contribution in [0.5, 0.6) is 0 Å². The van der Waals surface area contributed by atoms with E-state index in [1.165, 1.54) is 25.7 Å². The molecular weight excluding hydrogens is 546 g/mol. The zero-order valence-electron chi connectivity index (χ0n) is 25.3. The third-order valence-electron chi connectivity index (χ3n) is 9.64. The molecule has 10 nitrogen and oxygen atoms in total. The molecule has 2 aliphatic carbocycles. The lowest BCUT2D eigenvalue weighted by molar-refractivity contribution is -0.152. The fraction of sp³-hybridized carbons (Fsp3) is 0.576.